The van der Waals surface area contributed by atoms with Crippen molar-refractivity contribution >= 4 is 34.7 Å². The van der Waals surface area contributed by atoms with E-state index in [1.54, 1.807) is 25.1 Å². The Hall–Kier alpha value is -4.56. The number of carboxylic acids is 1. The molecule has 3 aromatic rings. The van der Waals surface area contributed by atoms with Crippen molar-refractivity contribution in [1.82, 2.24) is 21.3 Å². The first kappa shape index (κ1) is 32.8. The second kappa shape index (κ2) is 16.1. The number of nitrogens with one attached hydrogen (secondary N) is 5. The van der Waals surface area contributed by atoms with Crippen molar-refractivity contribution in [3.05, 3.63) is 65.4 Å². The number of aromatic carboxylic acids is 1. The molecule has 1 aromatic heterocycles. The molecule has 0 unspecified atom stereocenters. The van der Waals surface area contributed by atoms with Crippen LogP contribution in [0.1, 0.15) is 41.4 Å². The quantitative estimate of drug-likeness (QED) is 0.164. The van der Waals surface area contributed by atoms with E-state index in [1.165, 1.54) is 34.7 Å². The molecule has 7 N–H and O–H groups in total. The third-order valence-corrected chi connectivity index (χ3v) is 7.88. The zero-order chi connectivity index (χ0) is 32.3. The van der Waals surface area contributed by atoms with Crippen LogP contribution in [0.15, 0.2) is 63.2 Å². The van der Waals surface area contributed by atoms with Gasteiger partial charge < -0.3 is 35.9 Å². The lowest BCUT2D eigenvalue weighted by molar-refractivity contribution is -0.112. The van der Waals surface area contributed by atoms with E-state index in [0.717, 1.165) is 71.6 Å². The highest BCUT2D eigenvalue weighted by Crippen LogP contribution is 2.36. The summed E-state index contributed by atoms with van der Waals surface area (Å²) in [6.07, 6.45) is 4.38. The third kappa shape index (κ3) is 8.37. The molecule has 13 nitrogen and oxygen atoms in total. The fraction of sp³-hybridized carbons (Fsp3) is 0.394. The van der Waals surface area contributed by atoms with Gasteiger partial charge in [-0.15, -0.1) is 0 Å². The Morgan fingerprint density at radius 1 is 0.891 bits per heavy atom. The first-order valence-corrected chi connectivity index (χ1v) is 15.8. The van der Waals surface area contributed by atoms with Crippen molar-refractivity contribution in [2.75, 3.05) is 62.8 Å². The number of rotatable bonds is 5. The first-order chi connectivity index (χ1) is 22.4. The van der Waals surface area contributed by atoms with Crippen LogP contribution in [0.25, 0.3) is 11.3 Å². The molecule has 7 rings (SSSR count). The molecule has 2 aromatic carbocycles. The Morgan fingerprint density at radius 2 is 1.52 bits per heavy atom. The number of carbonyl (C=O) groups is 2. The lowest BCUT2D eigenvalue weighted by Crippen LogP contribution is -2.39. The van der Waals surface area contributed by atoms with Crippen molar-refractivity contribution in [2.24, 2.45) is 10.2 Å². The maximum absolute atomic E-state index is 13.1. The lowest BCUT2D eigenvalue weighted by atomic mass is 9.91. The Bertz CT molecular complexity index is 1540. The van der Waals surface area contributed by atoms with Crippen LogP contribution >= 0.6 is 0 Å². The summed E-state index contributed by atoms with van der Waals surface area (Å²) in [6, 6.07) is 13.6. The topological polar surface area (TPSA) is 176 Å². The van der Waals surface area contributed by atoms with Crippen LogP contribution in [-0.2, 0) is 17.6 Å². The summed E-state index contributed by atoms with van der Waals surface area (Å²) in [7, 11) is 0. The molecule has 1 amide bonds. The van der Waals surface area contributed by atoms with E-state index < -0.39 is 5.97 Å². The van der Waals surface area contributed by atoms with Gasteiger partial charge in [-0.25, -0.2) is 4.79 Å². The number of carboxylic acid groups (broad SMARTS) is 1. The van der Waals surface area contributed by atoms with Crippen LogP contribution in [-0.4, -0.2) is 85.9 Å². The minimum atomic E-state index is -1.20. The predicted octanol–water partition coefficient (Wildman–Crippen LogP) is 2.78. The summed E-state index contributed by atoms with van der Waals surface area (Å²) >= 11 is 0. The summed E-state index contributed by atoms with van der Waals surface area (Å²) in [5, 5.41) is 42.6. The van der Waals surface area contributed by atoms with Crippen LogP contribution in [0.2, 0.25) is 0 Å². The number of carbonyl (C=O) groups excluding carboxylic acids is 1. The molecular formula is C33H42N8O5. The van der Waals surface area contributed by atoms with Crippen molar-refractivity contribution in [3.63, 3.8) is 0 Å². The van der Waals surface area contributed by atoms with Gasteiger partial charge in [-0.05, 0) is 80.1 Å². The summed E-state index contributed by atoms with van der Waals surface area (Å²) in [5.41, 5.74) is 7.10. The number of furan rings is 1. The minimum absolute atomic E-state index is 0.133. The molecule has 3 aliphatic heterocycles. The summed E-state index contributed by atoms with van der Waals surface area (Å²) in [5.74, 6) is -1.80. The number of aromatic hydroxyl groups is 1. The third-order valence-electron chi connectivity index (χ3n) is 7.88. The summed E-state index contributed by atoms with van der Waals surface area (Å²) < 4.78 is 5.28. The molecule has 2 saturated heterocycles. The van der Waals surface area contributed by atoms with Crippen LogP contribution in [0, 0.1) is 0 Å². The molecular weight excluding hydrogens is 588 g/mol. The highest BCUT2D eigenvalue weighted by atomic mass is 16.4. The maximum Gasteiger partial charge on any atom is 0.371 e. The number of aryl methyl sites for hydroxylation is 2. The number of anilines is 2. The monoisotopic (exact) mass is 630 g/mol. The van der Waals surface area contributed by atoms with Crippen molar-refractivity contribution in [1.29, 1.82) is 0 Å². The van der Waals surface area contributed by atoms with Crippen LogP contribution in [0.5, 0.6) is 5.75 Å². The number of hydrogen-bond acceptors (Lipinski definition) is 11. The molecule has 4 heterocycles. The second-order valence-corrected chi connectivity index (χ2v) is 11.2. The van der Waals surface area contributed by atoms with Crippen molar-refractivity contribution in [3.8, 4) is 17.1 Å². The van der Waals surface area contributed by atoms with Gasteiger partial charge in [0.25, 0.3) is 0 Å². The van der Waals surface area contributed by atoms with Crippen LogP contribution in [0.3, 0.4) is 0 Å². The van der Waals surface area contributed by atoms with E-state index in [9.17, 15) is 14.7 Å². The first-order valence-electron chi connectivity index (χ1n) is 15.8. The molecule has 0 saturated carbocycles. The number of piperazine rings is 2. The summed E-state index contributed by atoms with van der Waals surface area (Å²) in [4.78, 5) is 24.1. The minimum Gasteiger partial charge on any atom is -0.505 e. The number of hydrogen-bond donors (Lipinski definition) is 7. The van der Waals surface area contributed by atoms with E-state index in [4.69, 9.17) is 9.52 Å². The number of hydrazone groups is 2. The number of amides is 1. The Labute approximate surface area is 268 Å². The Balaban J connectivity index is 0.000000289. The molecule has 46 heavy (non-hydrogen) atoms. The van der Waals surface area contributed by atoms with Gasteiger partial charge >= 0.3 is 11.9 Å². The number of fused-ring (bicyclic) bond motifs is 1. The van der Waals surface area contributed by atoms with Gasteiger partial charge in [0.2, 0.25) is 5.76 Å². The highest BCUT2D eigenvalue weighted by molar-refractivity contribution is 6.71. The normalized spacial score (nSPS) is 18.5. The van der Waals surface area contributed by atoms with Gasteiger partial charge in [-0.2, -0.15) is 15.2 Å². The van der Waals surface area contributed by atoms with Crippen LogP contribution in [0.4, 0.5) is 11.4 Å². The SMILES string of the molecule is C1CNCCN1.C1CNCCN1.CC1=NN(c2ccc3c(c2)CCCC3)C(=O)/C1=N\Nc1cccc(-c2ccc(C(=O)O)o2)c1O. The number of nitrogens with zero attached hydrogens (tertiary/aromatic N) is 3. The van der Waals surface area contributed by atoms with Crippen molar-refractivity contribution in [2.45, 2.75) is 32.6 Å². The average molecular weight is 631 g/mol. The molecule has 2 fully saturated rings. The summed E-state index contributed by atoms with van der Waals surface area (Å²) in [6.45, 7) is 10.8. The number of phenolic OH excluding ortho intramolecular Hbond substituents is 1. The number of para-hydroxylation sites is 1. The molecule has 0 spiro atoms. The van der Waals surface area contributed by atoms with E-state index in [-0.39, 0.29) is 40.1 Å². The predicted molar refractivity (Wildman–Crippen MR) is 179 cm³/mol. The largest absolute Gasteiger partial charge is 0.505 e. The van der Waals surface area contributed by atoms with E-state index >= 15 is 0 Å². The Kier molecular flexibility index (Phi) is 11.5. The molecule has 244 valence electrons. The van der Waals surface area contributed by atoms with Gasteiger partial charge in [0.05, 0.1) is 22.6 Å². The number of benzene rings is 2. The highest BCUT2D eigenvalue weighted by Gasteiger charge is 2.31. The van der Waals surface area contributed by atoms with Gasteiger partial charge in [0, 0.05) is 52.4 Å². The zero-order valence-corrected chi connectivity index (χ0v) is 26.1. The molecule has 0 bridgehead atoms. The lowest BCUT2D eigenvalue weighted by Gasteiger charge is -2.19. The second-order valence-electron chi connectivity index (χ2n) is 11.2. The van der Waals surface area contributed by atoms with Gasteiger partial charge in [-0.3, -0.25) is 10.2 Å². The van der Waals surface area contributed by atoms with Gasteiger partial charge in [-0.1, -0.05) is 12.1 Å². The van der Waals surface area contributed by atoms with Gasteiger partial charge in [0.1, 0.15) is 5.76 Å². The van der Waals surface area contributed by atoms with E-state index in [2.05, 4.69) is 43.0 Å². The molecule has 0 radical (unpaired) electrons. The van der Waals surface area contributed by atoms with E-state index in [1.807, 2.05) is 12.1 Å². The zero-order valence-electron chi connectivity index (χ0n) is 26.1. The fourth-order valence-corrected chi connectivity index (χ4v) is 5.41. The maximum atomic E-state index is 13.1. The number of phenols is 1. The molecule has 1 aliphatic carbocycles. The van der Waals surface area contributed by atoms with Crippen molar-refractivity contribution < 1.29 is 24.2 Å². The molecule has 0 atom stereocenters. The smallest absolute Gasteiger partial charge is 0.371 e. The Morgan fingerprint density at radius 3 is 2.11 bits per heavy atom. The van der Waals surface area contributed by atoms with Gasteiger partial charge in [0.15, 0.2) is 11.5 Å². The fourth-order valence-electron chi connectivity index (χ4n) is 5.41. The van der Waals surface area contributed by atoms with Crippen LogP contribution < -0.4 is 31.7 Å². The standard InChI is InChI=1S/C25H22N4O5.2C4H10N2/c1-14-22(24(31)29(28-14)17-10-9-15-5-2-3-6-16(15)13-17)27-26-19-8-4-7-18(23(19)30)20-11-12-21(34-20)25(32)33;2*1-2-6-4-3-5-1/h4,7-13,26,30H,2-3,5-6H2,1H3,(H,32,33);2*5-6H,1-4H2/b27-22-;;. The average Bonchev–Trinajstić information content (AvgIpc) is 3.71. The van der Waals surface area contributed by atoms with E-state index in [0.29, 0.717) is 11.4 Å². The molecule has 4 aliphatic rings. The molecule has 13 heteroatoms.